The second-order valence-corrected chi connectivity index (χ2v) is 6.69. The van der Waals surface area contributed by atoms with Crippen LogP contribution in [0.15, 0.2) is 0 Å². The number of hydrogen-bond donors (Lipinski definition) is 1. The van der Waals surface area contributed by atoms with Crippen LogP contribution in [0.25, 0.3) is 0 Å². The molecule has 94 valence electrons. The minimum Gasteiger partial charge on any atom is -0.392 e. The SMILES string of the molecule is CN(CC1CCCOC1)S(=O)(=O)CC(N)=S. The number of thiocarbonyl (C=S) groups is 1. The van der Waals surface area contributed by atoms with Crippen LogP contribution in [0.4, 0.5) is 0 Å². The average molecular weight is 266 g/mol. The highest BCUT2D eigenvalue weighted by Crippen LogP contribution is 2.15. The van der Waals surface area contributed by atoms with E-state index in [1.54, 1.807) is 7.05 Å². The first-order valence-corrected chi connectivity index (χ1v) is 7.23. The van der Waals surface area contributed by atoms with Crippen LogP contribution in [-0.2, 0) is 14.8 Å². The molecule has 0 amide bonds. The van der Waals surface area contributed by atoms with Crippen LogP contribution in [0.3, 0.4) is 0 Å². The van der Waals surface area contributed by atoms with E-state index in [0.717, 1.165) is 19.4 Å². The molecule has 1 aliphatic heterocycles. The normalized spacial score (nSPS) is 22.2. The van der Waals surface area contributed by atoms with Crippen LogP contribution in [0.2, 0.25) is 0 Å². The summed E-state index contributed by atoms with van der Waals surface area (Å²) in [7, 11) is -1.79. The van der Waals surface area contributed by atoms with E-state index in [4.69, 9.17) is 10.5 Å². The number of rotatable bonds is 5. The second-order valence-electron chi connectivity index (χ2n) is 4.09. The molecule has 2 N–H and O–H groups in total. The molecular formula is C9H18N2O3S2. The minimum absolute atomic E-state index is 0.00624. The summed E-state index contributed by atoms with van der Waals surface area (Å²) in [6.45, 7) is 1.89. The zero-order valence-corrected chi connectivity index (χ0v) is 11.0. The Balaban J connectivity index is 2.49. The molecule has 1 unspecified atom stereocenters. The van der Waals surface area contributed by atoms with Gasteiger partial charge in [0.15, 0.2) is 0 Å². The van der Waals surface area contributed by atoms with Crippen LogP contribution in [0.1, 0.15) is 12.8 Å². The molecule has 0 aliphatic carbocycles. The lowest BCUT2D eigenvalue weighted by Crippen LogP contribution is -2.38. The predicted molar refractivity (Wildman–Crippen MR) is 66.7 cm³/mol. The Labute approximate surface area is 102 Å². The van der Waals surface area contributed by atoms with Gasteiger partial charge in [-0.15, -0.1) is 0 Å². The summed E-state index contributed by atoms with van der Waals surface area (Å²) in [5.74, 6) is 0.0201. The van der Waals surface area contributed by atoms with Gasteiger partial charge in [0.1, 0.15) is 5.75 Å². The molecule has 1 heterocycles. The highest BCUT2D eigenvalue weighted by molar-refractivity contribution is 7.92. The molecular weight excluding hydrogens is 248 g/mol. The Hall–Kier alpha value is -0.240. The smallest absolute Gasteiger partial charge is 0.220 e. The van der Waals surface area contributed by atoms with E-state index in [-0.39, 0.29) is 16.7 Å². The standard InChI is InChI=1S/C9H18N2O3S2/c1-11(16(12,13)7-9(10)15)5-8-3-2-4-14-6-8/h8H,2-7H2,1H3,(H2,10,15). The fourth-order valence-electron chi connectivity index (χ4n) is 1.72. The molecule has 5 nitrogen and oxygen atoms in total. The van der Waals surface area contributed by atoms with E-state index in [0.29, 0.717) is 13.2 Å². The van der Waals surface area contributed by atoms with Crippen LogP contribution in [-0.4, -0.2) is 50.3 Å². The zero-order chi connectivity index (χ0) is 12.2. The number of sulfonamides is 1. The van der Waals surface area contributed by atoms with E-state index in [9.17, 15) is 8.42 Å². The van der Waals surface area contributed by atoms with E-state index >= 15 is 0 Å². The fourth-order valence-corrected chi connectivity index (χ4v) is 3.18. The van der Waals surface area contributed by atoms with Crippen molar-refractivity contribution in [3.05, 3.63) is 0 Å². The monoisotopic (exact) mass is 266 g/mol. The molecule has 16 heavy (non-hydrogen) atoms. The Morgan fingerprint density at radius 1 is 1.62 bits per heavy atom. The van der Waals surface area contributed by atoms with Gasteiger partial charge >= 0.3 is 0 Å². The molecule has 1 rings (SSSR count). The van der Waals surface area contributed by atoms with Gasteiger partial charge in [0.25, 0.3) is 0 Å². The van der Waals surface area contributed by atoms with Gasteiger partial charge in [0.2, 0.25) is 10.0 Å². The van der Waals surface area contributed by atoms with Crippen molar-refractivity contribution < 1.29 is 13.2 Å². The third kappa shape index (κ3) is 4.32. The van der Waals surface area contributed by atoms with Crippen molar-refractivity contribution in [2.24, 2.45) is 11.7 Å². The van der Waals surface area contributed by atoms with Crippen molar-refractivity contribution in [2.45, 2.75) is 12.8 Å². The lowest BCUT2D eigenvalue weighted by atomic mass is 10.0. The molecule has 0 aromatic heterocycles. The van der Waals surface area contributed by atoms with E-state index in [2.05, 4.69) is 12.2 Å². The minimum atomic E-state index is -3.35. The third-order valence-corrected chi connectivity index (χ3v) is 4.67. The molecule has 7 heteroatoms. The Morgan fingerprint density at radius 2 is 2.31 bits per heavy atom. The summed E-state index contributed by atoms with van der Waals surface area (Å²) in [6, 6.07) is 0. The predicted octanol–water partition coefficient (Wildman–Crippen LogP) is -0.0393. The van der Waals surface area contributed by atoms with Crippen molar-refractivity contribution in [2.75, 3.05) is 32.6 Å². The first kappa shape index (κ1) is 13.8. The summed E-state index contributed by atoms with van der Waals surface area (Å²) in [6.07, 6.45) is 2.00. The number of nitrogens with two attached hydrogens (primary N) is 1. The molecule has 1 saturated heterocycles. The Kier molecular flexibility index (Phi) is 5.10. The van der Waals surface area contributed by atoms with Crippen molar-refractivity contribution >= 4 is 27.2 Å². The van der Waals surface area contributed by atoms with Crippen LogP contribution in [0.5, 0.6) is 0 Å². The largest absolute Gasteiger partial charge is 0.392 e. The Morgan fingerprint density at radius 3 is 2.81 bits per heavy atom. The molecule has 0 aromatic rings. The van der Waals surface area contributed by atoms with E-state index in [1.807, 2.05) is 0 Å². The molecule has 0 aromatic carbocycles. The second kappa shape index (κ2) is 5.90. The first-order chi connectivity index (χ1) is 7.42. The van der Waals surface area contributed by atoms with Crippen molar-refractivity contribution in [3.63, 3.8) is 0 Å². The van der Waals surface area contributed by atoms with Crippen LogP contribution >= 0.6 is 12.2 Å². The summed E-state index contributed by atoms with van der Waals surface area (Å²) >= 11 is 4.61. The summed E-state index contributed by atoms with van der Waals surface area (Å²) < 4.78 is 30.1. The van der Waals surface area contributed by atoms with Gasteiger partial charge in [0, 0.05) is 20.2 Å². The molecule has 1 aliphatic rings. The van der Waals surface area contributed by atoms with Gasteiger partial charge < -0.3 is 10.5 Å². The molecule has 0 radical (unpaired) electrons. The number of hydrogen-bond acceptors (Lipinski definition) is 4. The summed E-state index contributed by atoms with van der Waals surface area (Å²) in [5, 5.41) is 0. The van der Waals surface area contributed by atoms with Crippen LogP contribution < -0.4 is 5.73 Å². The maximum Gasteiger partial charge on any atom is 0.220 e. The van der Waals surface area contributed by atoms with Crippen molar-refractivity contribution in [1.82, 2.24) is 4.31 Å². The zero-order valence-electron chi connectivity index (χ0n) is 9.39. The summed E-state index contributed by atoms with van der Waals surface area (Å²) in [5.41, 5.74) is 5.25. The van der Waals surface area contributed by atoms with Gasteiger partial charge in [-0.1, -0.05) is 12.2 Å². The van der Waals surface area contributed by atoms with Gasteiger partial charge in [-0.25, -0.2) is 12.7 Å². The fraction of sp³-hybridized carbons (Fsp3) is 0.889. The van der Waals surface area contributed by atoms with Gasteiger partial charge in [-0.3, -0.25) is 0 Å². The highest BCUT2D eigenvalue weighted by Gasteiger charge is 2.23. The molecule has 1 fully saturated rings. The molecule has 0 spiro atoms. The maximum absolute atomic E-state index is 11.7. The third-order valence-electron chi connectivity index (χ3n) is 2.57. The number of ether oxygens (including phenoxy) is 1. The maximum atomic E-state index is 11.7. The van der Waals surface area contributed by atoms with Crippen LogP contribution in [0, 0.1) is 5.92 Å². The quantitative estimate of drug-likeness (QED) is 0.707. The number of nitrogens with zero attached hydrogens (tertiary/aromatic N) is 1. The van der Waals surface area contributed by atoms with Crippen molar-refractivity contribution in [1.29, 1.82) is 0 Å². The lowest BCUT2D eigenvalue weighted by molar-refractivity contribution is 0.0495. The lowest BCUT2D eigenvalue weighted by Gasteiger charge is -2.26. The van der Waals surface area contributed by atoms with E-state index in [1.165, 1.54) is 4.31 Å². The topological polar surface area (TPSA) is 72.6 Å². The van der Waals surface area contributed by atoms with Gasteiger partial charge in [-0.05, 0) is 18.8 Å². The van der Waals surface area contributed by atoms with Gasteiger partial charge in [-0.2, -0.15) is 0 Å². The van der Waals surface area contributed by atoms with Crippen molar-refractivity contribution in [3.8, 4) is 0 Å². The van der Waals surface area contributed by atoms with Gasteiger partial charge in [0.05, 0.1) is 11.6 Å². The Bertz CT molecular complexity index is 337. The molecule has 0 bridgehead atoms. The first-order valence-electron chi connectivity index (χ1n) is 5.22. The highest BCUT2D eigenvalue weighted by atomic mass is 32.2. The summed E-state index contributed by atoms with van der Waals surface area (Å²) in [4.78, 5) is 0.00624. The molecule has 0 saturated carbocycles. The molecule has 1 atom stereocenters. The average Bonchev–Trinajstić information content (AvgIpc) is 2.17. The van der Waals surface area contributed by atoms with E-state index < -0.39 is 10.0 Å².